The molecule has 0 bridgehead atoms. The minimum atomic E-state index is -0.545. The van der Waals surface area contributed by atoms with Gasteiger partial charge in [-0.3, -0.25) is 0 Å². The van der Waals surface area contributed by atoms with Crippen LogP contribution in [0.15, 0.2) is 60.7 Å². The molecule has 2 aromatic carbocycles. The molecule has 25 heavy (non-hydrogen) atoms. The predicted molar refractivity (Wildman–Crippen MR) is 91.1 cm³/mol. The molecule has 134 valence electrons. The Morgan fingerprint density at radius 2 is 1.36 bits per heavy atom. The van der Waals surface area contributed by atoms with Crippen molar-refractivity contribution in [2.75, 3.05) is 32.7 Å². The molecule has 0 atom stereocenters. The second-order valence-electron chi connectivity index (χ2n) is 6.37. The van der Waals surface area contributed by atoms with Crippen LogP contribution in [0.3, 0.4) is 0 Å². The number of nitrogens with two attached hydrogens (primary N) is 1. The van der Waals surface area contributed by atoms with Gasteiger partial charge in [0.2, 0.25) is 0 Å². The molecule has 0 aromatic heterocycles. The molecule has 1 heterocycles. The van der Waals surface area contributed by atoms with Crippen LogP contribution in [-0.2, 0) is 5.41 Å². The van der Waals surface area contributed by atoms with E-state index in [9.17, 15) is 5.26 Å². The fourth-order valence-electron chi connectivity index (χ4n) is 3.58. The SMILES string of the molecule is N#CC(CC[NH+]1CC[NH2+]CC1)(c1ccccc1)c1ccccc1.[Cl-].[Cl-]. The fraction of sp³-hybridized carbons (Fsp3) is 0.350. The van der Waals surface area contributed by atoms with Gasteiger partial charge in [-0.2, -0.15) is 5.26 Å². The van der Waals surface area contributed by atoms with Gasteiger partial charge in [0, 0.05) is 6.42 Å². The number of rotatable bonds is 5. The molecule has 0 radical (unpaired) electrons. The zero-order valence-corrected chi connectivity index (χ0v) is 15.8. The summed E-state index contributed by atoms with van der Waals surface area (Å²) in [7, 11) is 0. The lowest BCUT2D eigenvalue weighted by molar-refractivity contribution is -0.947. The molecule has 0 spiro atoms. The first-order valence-electron chi connectivity index (χ1n) is 8.53. The molecule has 0 unspecified atom stereocenters. The third-order valence-electron chi connectivity index (χ3n) is 4.98. The molecule has 0 amide bonds. The minimum Gasteiger partial charge on any atom is -1.00 e. The highest BCUT2D eigenvalue weighted by atomic mass is 35.5. The highest BCUT2D eigenvalue weighted by molar-refractivity contribution is 5.45. The number of hydrogen-bond donors (Lipinski definition) is 2. The predicted octanol–water partition coefficient (Wildman–Crippen LogP) is -5.64. The summed E-state index contributed by atoms with van der Waals surface area (Å²) in [5.41, 5.74) is 1.67. The van der Waals surface area contributed by atoms with E-state index in [2.05, 4.69) is 35.7 Å². The molecule has 3 N–H and O–H groups in total. The molecule has 1 aliphatic heterocycles. The Morgan fingerprint density at radius 3 is 1.80 bits per heavy atom. The Hall–Kier alpha value is -1.57. The number of quaternary nitrogens is 2. The summed E-state index contributed by atoms with van der Waals surface area (Å²) in [5.74, 6) is 0. The van der Waals surface area contributed by atoms with Crippen molar-refractivity contribution in [1.82, 2.24) is 0 Å². The Bertz CT molecular complexity index is 610. The van der Waals surface area contributed by atoms with E-state index in [1.165, 1.54) is 26.2 Å². The van der Waals surface area contributed by atoms with E-state index in [0.29, 0.717) is 0 Å². The average molecular weight is 378 g/mol. The lowest BCUT2D eigenvalue weighted by Gasteiger charge is -2.30. The largest absolute Gasteiger partial charge is 1.00 e. The van der Waals surface area contributed by atoms with Gasteiger partial charge in [0.15, 0.2) is 0 Å². The molecule has 5 heteroatoms. The van der Waals surface area contributed by atoms with Crippen LogP contribution < -0.4 is 35.0 Å². The van der Waals surface area contributed by atoms with Crippen molar-refractivity contribution in [2.45, 2.75) is 11.8 Å². The quantitative estimate of drug-likeness (QED) is 0.536. The van der Waals surface area contributed by atoms with E-state index in [1.807, 2.05) is 36.4 Å². The van der Waals surface area contributed by atoms with Crippen molar-refractivity contribution >= 4 is 0 Å². The lowest BCUT2D eigenvalue weighted by atomic mass is 9.73. The summed E-state index contributed by atoms with van der Waals surface area (Å²) in [6, 6.07) is 23.2. The van der Waals surface area contributed by atoms with Gasteiger partial charge >= 0.3 is 0 Å². The number of nitriles is 1. The molecule has 2 aromatic rings. The Kier molecular flexibility index (Phi) is 8.96. The Balaban J connectivity index is 0.00000156. The molecular weight excluding hydrogens is 353 g/mol. The maximum atomic E-state index is 10.1. The molecular formula is C20H25Cl2N3. The van der Waals surface area contributed by atoms with Crippen molar-refractivity contribution in [3.05, 3.63) is 71.8 Å². The molecule has 1 fully saturated rings. The molecule has 3 rings (SSSR count). The van der Waals surface area contributed by atoms with Crippen LogP contribution in [0.5, 0.6) is 0 Å². The summed E-state index contributed by atoms with van der Waals surface area (Å²) in [6.45, 7) is 5.85. The van der Waals surface area contributed by atoms with Crippen LogP contribution in [-0.4, -0.2) is 32.7 Å². The molecule has 0 saturated carbocycles. The van der Waals surface area contributed by atoms with E-state index >= 15 is 0 Å². The molecule has 1 saturated heterocycles. The van der Waals surface area contributed by atoms with Gasteiger partial charge in [-0.15, -0.1) is 0 Å². The van der Waals surface area contributed by atoms with Gasteiger partial charge in [0.05, 0.1) is 12.6 Å². The van der Waals surface area contributed by atoms with Gasteiger partial charge in [-0.1, -0.05) is 60.7 Å². The summed E-state index contributed by atoms with van der Waals surface area (Å²) in [6.07, 6.45) is 0.868. The topological polar surface area (TPSA) is 44.8 Å². The summed E-state index contributed by atoms with van der Waals surface area (Å²) in [4.78, 5) is 1.62. The third kappa shape index (κ3) is 4.96. The number of benzene rings is 2. The number of piperazine rings is 1. The van der Waals surface area contributed by atoms with E-state index in [4.69, 9.17) is 0 Å². The second-order valence-corrected chi connectivity index (χ2v) is 6.37. The smallest absolute Gasteiger partial charge is 0.127 e. The van der Waals surface area contributed by atoms with Gasteiger partial charge in [0.1, 0.15) is 31.6 Å². The van der Waals surface area contributed by atoms with Crippen molar-refractivity contribution in [3.8, 4) is 6.07 Å². The molecule has 0 aliphatic carbocycles. The highest BCUT2D eigenvalue weighted by Gasteiger charge is 2.36. The average Bonchev–Trinajstić information content (AvgIpc) is 2.65. The van der Waals surface area contributed by atoms with Crippen LogP contribution in [0.1, 0.15) is 17.5 Å². The van der Waals surface area contributed by atoms with Crippen molar-refractivity contribution in [1.29, 1.82) is 5.26 Å². The van der Waals surface area contributed by atoms with Crippen LogP contribution >= 0.6 is 0 Å². The van der Waals surface area contributed by atoms with E-state index in [1.54, 1.807) is 4.90 Å². The van der Waals surface area contributed by atoms with Crippen LogP contribution in [0, 0.1) is 11.3 Å². The highest BCUT2D eigenvalue weighted by Crippen LogP contribution is 2.34. The van der Waals surface area contributed by atoms with Crippen LogP contribution in [0.4, 0.5) is 0 Å². The first kappa shape index (κ1) is 21.5. The number of hydrogen-bond acceptors (Lipinski definition) is 1. The van der Waals surface area contributed by atoms with Crippen molar-refractivity contribution in [3.63, 3.8) is 0 Å². The summed E-state index contributed by atoms with van der Waals surface area (Å²) in [5, 5.41) is 12.5. The summed E-state index contributed by atoms with van der Waals surface area (Å²) < 4.78 is 0. The van der Waals surface area contributed by atoms with Gasteiger partial charge in [0.25, 0.3) is 0 Å². The monoisotopic (exact) mass is 377 g/mol. The molecule has 3 nitrogen and oxygen atoms in total. The normalized spacial score (nSPS) is 14.7. The zero-order chi connectivity index (χ0) is 16.0. The number of nitrogens with zero attached hydrogens (tertiary/aromatic N) is 1. The van der Waals surface area contributed by atoms with Crippen LogP contribution in [0.2, 0.25) is 0 Å². The van der Waals surface area contributed by atoms with Crippen molar-refractivity contribution in [2.24, 2.45) is 0 Å². The van der Waals surface area contributed by atoms with Crippen LogP contribution in [0.25, 0.3) is 0 Å². The first-order chi connectivity index (χ1) is 11.3. The van der Waals surface area contributed by atoms with Gasteiger partial charge in [-0.25, -0.2) is 0 Å². The van der Waals surface area contributed by atoms with Gasteiger partial charge in [-0.05, 0) is 11.1 Å². The third-order valence-corrected chi connectivity index (χ3v) is 4.98. The lowest BCUT2D eigenvalue weighted by Crippen LogP contribution is -3.20. The molecule has 1 aliphatic rings. The standard InChI is InChI=1S/C20H23N3.2ClH/c21-17-20(18-7-3-1-4-8-18,19-9-5-2-6-10-19)11-14-23-15-12-22-13-16-23;;/h1-10,22H,11-16H2;2*1H. The number of halogens is 2. The fourth-order valence-corrected chi connectivity index (χ4v) is 3.58. The van der Waals surface area contributed by atoms with E-state index < -0.39 is 5.41 Å². The zero-order valence-electron chi connectivity index (χ0n) is 14.3. The second kappa shape index (κ2) is 10.4. The first-order valence-corrected chi connectivity index (χ1v) is 8.53. The van der Waals surface area contributed by atoms with Crippen molar-refractivity contribution < 1.29 is 35.0 Å². The van der Waals surface area contributed by atoms with E-state index in [0.717, 1.165) is 24.1 Å². The number of nitrogens with one attached hydrogen (secondary N) is 1. The Labute approximate surface area is 162 Å². The maximum Gasteiger partial charge on any atom is 0.127 e. The van der Waals surface area contributed by atoms with E-state index in [-0.39, 0.29) is 24.8 Å². The minimum absolute atomic E-state index is 0. The van der Waals surface area contributed by atoms with Gasteiger partial charge < -0.3 is 35.0 Å². The Morgan fingerprint density at radius 1 is 0.880 bits per heavy atom. The summed E-state index contributed by atoms with van der Waals surface area (Å²) >= 11 is 0. The maximum absolute atomic E-state index is 10.1.